The van der Waals surface area contributed by atoms with Crippen molar-refractivity contribution in [1.29, 1.82) is 0 Å². The molecule has 1 aromatic heterocycles. The van der Waals surface area contributed by atoms with E-state index in [9.17, 15) is 4.79 Å². The number of pyridine rings is 1. The number of anilines is 2. The predicted molar refractivity (Wildman–Crippen MR) is 63.2 cm³/mol. The average molecular weight is 220 g/mol. The molecule has 0 aliphatic carbocycles. The van der Waals surface area contributed by atoms with Gasteiger partial charge < -0.3 is 16.0 Å². The van der Waals surface area contributed by atoms with Crippen molar-refractivity contribution in [2.24, 2.45) is 0 Å². The molecule has 1 aliphatic heterocycles. The van der Waals surface area contributed by atoms with E-state index < -0.39 is 0 Å². The molecule has 3 N–H and O–H groups in total. The van der Waals surface area contributed by atoms with Crippen LogP contribution in [0.25, 0.3) is 0 Å². The Kier molecular flexibility index (Phi) is 2.94. The van der Waals surface area contributed by atoms with Crippen LogP contribution < -0.4 is 16.0 Å². The first kappa shape index (κ1) is 10.7. The highest BCUT2D eigenvalue weighted by molar-refractivity contribution is 5.77. The highest BCUT2D eigenvalue weighted by Crippen LogP contribution is 2.19. The molecule has 1 aliphatic rings. The third-order valence-corrected chi connectivity index (χ3v) is 2.68. The largest absolute Gasteiger partial charge is 0.397 e. The second-order valence-electron chi connectivity index (χ2n) is 4.00. The molecule has 0 bridgehead atoms. The number of carbonyl (C=O) groups excluding carboxylic acids is 1. The van der Waals surface area contributed by atoms with E-state index in [2.05, 4.69) is 15.2 Å². The van der Waals surface area contributed by atoms with Crippen molar-refractivity contribution in [3.63, 3.8) is 0 Å². The normalized spacial score (nSPS) is 16.8. The van der Waals surface area contributed by atoms with E-state index >= 15 is 0 Å². The van der Waals surface area contributed by atoms with Crippen molar-refractivity contribution in [2.75, 3.05) is 30.3 Å². The fourth-order valence-electron chi connectivity index (χ4n) is 1.90. The van der Waals surface area contributed by atoms with E-state index in [1.54, 1.807) is 6.20 Å². The van der Waals surface area contributed by atoms with Crippen molar-refractivity contribution in [3.05, 3.63) is 17.8 Å². The van der Waals surface area contributed by atoms with Gasteiger partial charge in [-0.05, 0) is 18.6 Å². The van der Waals surface area contributed by atoms with Gasteiger partial charge in [0.1, 0.15) is 5.82 Å². The van der Waals surface area contributed by atoms with E-state index in [-0.39, 0.29) is 5.91 Å². The SMILES string of the molecule is Cc1cc(N)cnc1N1CCNC(=O)CC1. The summed E-state index contributed by atoms with van der Waals surface area (Å²) in [5.41, 5.74) is 7.38. The minimum Gasteiger partial charge on any atom is -0.397 e. The van der Waals surface area contributed by atoms with Gasteiger partial charge in [-0.25, -0.2) is 4.98 Å². The van der Waals surface area contributed by atoms with Crippen LogP contribution in [0.2, 0.25) is 0 Å². The number of nitrogens with two attached hydrogens (primary N) is 1. The second-order valence-corrected chi connectivity index (χ2v) is 4.00. The van der Waals surface area contributed by atoms with Gasteiger partial charge >= 0.3 is 0 Å². The molecule has 0 aromatic carbocycles. The van der Waals surface area contributed by atoms with Crippen LogP contribution in [0.3, 0.4) is 0 Å². The van der Waals surface area contributed by atoms with E-state index in [0.29, 0.717) is 25.2 Å². The Balaban J connectivity index is 2.19. The maximum Gasteiger partial charge on any atom is 0.221 e. The van der Waals surface area contributed by atoms with Crippen molar-refractivity contribution >= 4 is 17.4 Å². The molecule has 0 radical (unpaired) electrons. The number of nitrogens with one attached hydrogen (secondary N) is 1. The van der Waals surface area contributed by atoms with Gasteiger partial charge in [-0.1, -0.05) is 0 Å². The van der Waals surface area contributed by atoms with Crippen LogP contribution in [0.5, 0.6) is 0 Å². The van der Waals surface area contributed by atoms with E-state index in [0.717, 1.165) is 17.9 Å². The van der Waals surface area contributed by atoms with Crippen LogP contribution in [-0.2, 0) is 4.79 Å². The van der Waals surface area contributed by atoms with E-state index in [1.165, 1.54) is 0 Å². The summed E-state index contributed by atoms with van der Waals surface area (Å²) in [6.07, 6.45) is 2.17. The minimum atomic E-state index is 0.107. The van der Waals surface area contributed by atoms with Crippen LogP contribution in [-0.4, -0.2) is 30.5 Å². The Hall–Kier alpha value is -1.78. The number of aromatic nitrogens is 1. The molecule has 16 heavy (non-hydrogen) atoms. The number of hydrogen-bond acceptors (Lipinski definition) is 4. The molecule has 5 heteroatoms. The topological polar surface area (TPSA) is 71.2 Å². The first-order valence-corrected chi connectivity index (χ1v) is 5.40. The Morgan fingerprint density at radius 2 is 2.31 bits per heavy atom. The third-order valence-electron chi connectivity index (χ3n) is 2.68. The summed E-state index contributed by atoms with van der Waals surface area (Å²) in [5.74, 6) is 1.03. The molecular formula is C11H16N4O. The number of carbonyl (C=O) groups is 1. The Morgan fingerprint density at radius 1 is 1.50 bits per heavy atom. The number of aryl methyl sites for hydroxylation is 1. The molecule has 1 saturated heterocycles. The Labute approximate surface area is 94.6 Å². The van der Waals surface area contributed by atoms with Crippen LogP contribution in [0.4, 0.5) is 11.5 Å². The molecule has 2 rings (SSSR count). The molecule has 0 saturated carbocycles. The lowest BCUT2D eigenvalue weighted by atomic mass is 10.2. The zero-order valence-electron chi connectivity index (χ0n) is 9.36. The standard InChI is InChI=1S/C11H16N4O/c1-8-6-9(12)7-14-11(8)15-4-2-10(16)13-3-5-15/h6-7H,2-5,12H2,1H3,(H,13,16). The zero-order valence-corrected chi connectivity index (χ0v) is 9.36. The van der Waals surface area contributed by atoms with Gasteiger partial charge in [0.2, 0.25) is 5.91 Å². The van der Waals surface area contributed by atoms with Crippen LogP contribution in [0, 0.1) is 6.92 Å². The van der Waals surface area contributed by atoms with Gasteiger partial charge in [-0.2, -0.15) is 0 Å². The first-order chi connectivity index (χ1) is 7.66. The van der Waals surface area contributed by atoms with Crippen LogP contribution in [0.1, 0.15) is 12.0 Å². The molecule has 86 valence electrons. The molecule has 0 atom stereocenters. The predicted octanol–water partition coefficient (Wildman–Crippen LogP) is 0.299. The van der Waals surface area contributed by atoms with Gasteiger partial charge in [-0.3, -0.25) is 4.79 Å². The molecular weight excluding hydrogens is 204 g/mol. The lowest BCUT2D eigenvalue weighted by Gasteiger charge is -2.22. The van der Waals surface area contributed by atoms with Crippen molar-refractivity contribution in [1.82, 2.24) is 10.3 Å². The summed E-state index contributed by atoms with van der Waals surface area (Å²) in [4.78, 5) is 17.7. The summed E-state index contributed by atoms with van der Waals surface area (Å²) < 4.78 is 0. The average Bonchev–Trinajstić information content (AvgIpc) is 2.43. The summed E-state index contributed by atoms with van der Waals surface area (Å²) in [5, 5.41) is 2.84. The number of nitrogens with zero attached hydrogens (tertiary/aromatic N) is 2. The smallest absolute Gasteiger partial charge is 0.221 e. The quantitative estimate of drug-likeness (QED) is 0.714. The fraction of sp³-hybridized carbons (Fsp3) is 0.455. The lowest BCUT2D eigenvalue weighted by Crippen LogP contribution is -2.29. The van der Waals surface area contributed by atoms with Gasteiger partial charge in [0.25, 0.3) is 0 Å². The minimum absolute atomic E-state index is 0.107. The molecule has 0 unspecified atom stereocenters. The van der Waals surface area contributed by atoms with Crippen molar-refractivity contribution < 1.29 is 4.79 Å². The fourth-order valence-corrected chi connectivity index (χ4v) is 1.90. The number of hydrogen-bond donors (Lipinski definition) is 2. The third kappa shape index (κ3) is 2.24. The summed E-state index contributed by atoms with van der Waals surface area (Å²) in [6, 6.07) is 1.91. The number of nitrogen functional groups attached to an aromatic ring is 1. The van der Waals surface area contributed by atoms with Crippen LogP contribution >= 0.6 is 0 Å². The molecule has 1 fully saturated rings. The van der Waals surface area contributed by atoms with Gasteiger partial charge in [0.15, 0.2) is 0 Å². The van der Waals surface area contributed by atoms with E-state index in [4.69, 9.17) is 5.73 Å². The maximum atomic E-state index is 11.2. The highest BCUT2D eigenvalue weighted by atomic mass is 16.1. The second kappa shape index (κ2) is 4.38. The maximum absolute atomic E-state index is 11.2. The van der Waals surface area contributed by atoms with Gasteiger partial charge in [-0.15, -0.1) is 0 Å². The zero-order chi connectivity index (χ0) is 11.5. The van der Waals surface area contributed by atoms with Crippen LogP contribution in [0.15, 0.2) is 12.3 Å². The van der Waals surface area contributed by atoms with E-state index in [1.807, 2.05) is 13.0 Å². The van der Waals surface area contributed by atoms with Gasteiger partial charge in [0.05, 0.1) is 11.9 Å². The lowest BCUT2D eigenvalue weighted by molar-refractivity contribution is -0.120. The summed E-state index contributed by atoms with van der Waals surface area (Å²) in [7, 11) is 0. The molecule has 1 amide bonds. The van der Waals surface area contributed by atoms with Crippen molar-refractivity contribution in [2.45, 2.75) is 13.3 Å². The first-order valence-electron chi connectivity index (χ1n) is 5.40. The Morgan fingerprint density at radius 3 is 3.06 bits per heavy atom. The highest BCUT2D eigenvalue weighted by Gasteiger charge is 2.16. The molecule has 2 heterocycles. The number of amides is 1. The van der Waals surface area contributed by atoms with Crippen molar-refractivity contribution in [3.8, 4) is 0 Å². The van der Waals surface area contributed by atoms with Gasteiger partial charge in [0, 0.05) is 26.1 Å². The number of rotatable bonds is 1. The summed E-state index contributed by atoms with van der Waals surface area (Å²) in [6.45, 7) is 4.16. The molecule has 5 nitrogen and oxygen atoms in total. The summed E-state index contributed by atoms with van der Waals surface area (Å²) >= 11 is 0. The Bertz CT molecular complexity index is 405. The molecule has 0 spiro atoms. The molecule has 1 aromatic rings. The monoisotopic (exact) mass is 220 g/mol.